The van der Waals surface area contributed by atoms with Crippen LogP contribution in [0.3, 0.4) is 0 Å². The third kappa shape index (κ3) is 10.4. The van der Waals surface area contributed by atoms with Gasteiger partial charge in [0.15, 0.2) is 0 Å². The summed E-state index contributed by atoms with van der Waals surface area (Å²) >= 11 is 0. The number of fused-ring (bicyclic) bond motifs is 3. The maximum atomic E-state index is 11.5. The molecule has 11 heteroatoms. The van der Waals surface area contributed by atoms with Crippen molar-refractivity contribution in [3.05, 3.63) is 90.0 Å². The van der Waals surface area contributed by atoms with Crippen molar-refractivity contribution in [3.8, 4) is 11.1 Å². The molecule has 0 heterocycles. The van der Waals surface area contributed by atoms with Crippen LogP contribution < -0.4 is 21.1 Å². The summed E-state index contributed by atoms with van der Waals surface area (Å²) in [5.41, 5.74) is 9.77. The Bertz CT molecular complexity index is 1350. The van der Waals surface area contributed by atoms with Crippen LogP contribution in [0.25, 0.3) is 11.1 Å². The number of benzene rings is 3. The maximum Gasteiger partial charge on any atom is 0.407 e. The summed E-state index contributed by atoms with van der Waals surface area (Å²) in [6, 6.07) is 24.9. The Balaban J connectivity index is 0.000000239. The van der Waals surface area contributed by atoms with Gasteiger partial charge in [0.25, 0.3) is 0 Å². The first-order valence-corrected chi connectivity index (χ1v) is 14.7. The summed E-state index contributed by atoms with van der Waals surface area (Å²) in [6.45, 7) is 5.25. The van der Waals surface area contributed by atoms with Crippen molar-refractivity contribution in [2.45, 2.75) is 37.5 Å². The van der Waals surface area contributed by atoms with E-state index >= 15 is 0 Å². The second-order valence-corrected chi connectivity index (χ2v) is 10.7. The van der Waals surface area contributed by atoms with E-state index in [9.17, 15) is 22.8 Å². The Kier molecular flexibility index (Phi) is 13.5. The minimum atomic E-state index is -3.25. The van der Waals surface area contributed by atoms with Gasteiger partial charge in [0.1, 0.15) is 6.61 Å². The zero-order valence-corrected chi connectivity index (χ0v) is 24.4. The van der Waals surface area contributed by atoms with Gasteiger partial charge in [-0.05, 0) is 55.3 Å². The summed E-state index contributed by atoms with van der Waals surface area (Å²) in [5.74, 6) is -0.433. The van der Waals surface area contributed by atoms with E-state index in [1.165, 1.54) is 29.3 Å². The lowest BCUT2D eigenvalue weighted by atomic mass is 9.98. The number of carbonyl (C=O) groups is 3. The van der Waals surface area contributed by atoms with Gasteiger partial charge in [-0.1, -0.05) is 66.7 Å². The fourth-order valence-corrected chi connectivity index (χ4v) is 4.78. The van der Waals surface area contributed by atoms with Crippen molar-refractivity contribution in [2.24, 2.45) is 5.73 Å². The average Bonchev–Trinajstić information content (AvgIpc) is 3.30. The number of amides is 3. The number of carbonyl (C=O) groups excluding carboxylic acids is 3. The van der Waals surface area contributed by atoms with Crippen molar-refractivity contribution in [1.29, 1.82) is 0 Å². The second kappa shape index (κ2) is 16.8. The molecule has 1 aliphatic carbocycles. The third-order valence-corrected chi connectivity index (χ3v) is 7.39. The number of alkyl carbamates (subject to hydrolysis) is 1. The van der Waals surface area contributed by atoms with Crippen LogP contribution in [-0.4, -0.2) is 53.1 Å². The fourth-order valence-electron chi connectivity index (χ4n) is 4.03. The molecular formula is C30H38N4O6S. The highest BCUT2D eigenvalue weighted by Crippen LogP contribution is 2.44. The van der Waals surface area contributed by atoms with Gasteiger partial charge < -0.3 is 21.1 Å². The van der Waals surface area contributed by atoms with Crippen LogP contribution in [0, 0.1) is 0 Å². The topological polar surface area (TPSA) is 157 Å². The minimum Gasteiger partial charge on any atom is -0.449 e. The Morgan fingerprint density at radius 2 is 1.29 bits per heavy atom. The van der Waals surface area contributed by atoms with E-state index in [1.54, 1.807) is 30.3 Å². The van der Waals surface area contributed by atoms with Crippen LogP contribution in [0.4, 0.5) is 4.79 Å². The van der Waals surface area contributed by atoms with Crippen molar-refractivity contribution >= 4 is 27.9 Å². The van der Waals surface area contributed by atoms with Gasteiger partial charge in [0.05, 0.1) is 4.90 Å². The lowest BCUT2D eigenvalue weighted by Crippen LogP contribution is -2.25. The van der Waals surface area contributed by atoms with E-state index < -0.39 is 15.9 Å². The first kappa shape index (κ1) is 33.0. The molecule has 1 aliphatic rings. The number of nitrogens with one attached hydrogen (secondary N) is 3. The lowest BCUT2D eigenvalue weighted by molar-refractivity contribution is -0.124. The SMILES string of the molecule is CCNC(=O)CCC(N)=O.CCNC(=O)OCC1c2ccccc2-c2ccccc21.CNS(=O)(=O)c1ccccc1. The quantitative estimate of drug-likeness (QED) is 0.302. The lowest BCUT2D eigenvalue weighted by Gasteiger charge is -2.14. The number of nitrogens with two attached hydrogens (primary N) is 1. The van der Waals surface area contributed by atoms with Crippen LogP contribution in [-0.2, 0) is 24.3 Å². The number of sulfonamides is 1. The van der Waals surface area contributed by atoms with Crippen LogP contribution >= 0.6 is 0 Å². The maximum absolute atomic E-state index is 11.5. The van der Waals surface area contributed by atoms with Gasteiger partial charge in [-0.15, -0.1) is 0 Å². The molecule has 0 aromatic heterocycles. The summed E-state index contributed by atoms with van der Waals surface area (Å²) < 4.78 is 29.7. The van der Waals surface area contributed by atoms with Crippen LogP contribution in [0.5, 0.6) is 0 Å². The molecule has 0 fully saturated rings. The number of ether oxygens (including phenoxy) is 1. The van der Waals surface area contributed by atoms with Gasteiger partial charge in [0.2, 0.25) is 21.8 Å². The first-order chi connectivity index (χ1) is 19.6. The molecule has 0 bridgehead atoms. The van der Waals surface area contributed by atoms with Crippen molar-refractivity contribution in [1.82, 2.24) is 15.4 Å². The highest BCUT2D eigenvalue weighted by molar-refractivity contribution is 7.89. The molecular weight excluding hydrogens is 544 g/mol. The van der Waals surface area contributed by atoms with Crippen molar-refractivity contribution in [3.63, 3.8) is 0 Å². The van der Waals surface area contributed by atoms with E-state index in [-0.39, 0.29) is 30.8 Å². The molecule has 0 aliphatic heterocycles. The van der Waals surface area contributed by atoms with Gasteiger partial charge >= 0.3 is 6.09 Å². The highest BCUT2D eigenvalue weighted by Gasteiger charge is 2.28. The normalized spacial score (nSPS) is 11.4. The smallest absolute Gasteiger partial charge is 0.407 e. The molecule has 0 spiro atoms. The first-order valence-electron chi connectivity index (χ1n) is 13.3. The number of rotatable bonds is 9. The molecule has 5 N–H and O–H groups in total. The molecule has 3 amide bonds. The summed E-state index contributed by atoms with van der Waals surface area (Å²) in [6.07, 6.45) is -0.0241. The predicted molar refractivity (Wildman–Crippen MR) is 159 cm³/mol. The van der Waals surface area contributed by atoms with E-state index in [4.69, 9.17) is 10.5 Å². The summed E-state index contributed by atoms with van der Waals surface area (Å²) in [4.78, 5) is 32.6. The Labute approximate surface area is 241 Å². The highest BCUT2D eigenvalue weighted by atomic mass is 32.2. The van der Waals surface area contributed by atoms with Gasteiger partial charge in [-0.3, -0.25) is 9.59 Å². The van der Waals surface area contributed by atoms with E-state index in [0.717, 1.165) is 0 Å². The number of hydrogen-bond acceptors (Lipinski definition) is 6. The molecule has 41 heavy (non-hydrogen) atoms. The third-order valence-electron chi connectivity index (χ3n) is 5.96. The molecule has 10 nitrogen and oxygen atoms in total. The van der Waals surface area contributed by atoms with Crippen LogP contribution in [0.1, 0.15) is 43.7 Å². The number of primary amides is 1. The van der Waals surface area contributed by atoms with Crippen LogP contribution in [0.2, 0.25) is 0 Å². The molecule has 4 rings (SSSR count). The van der Waals surface area contributed by atoms with E-state index in [0.29, 0.717) is 24.6 Å². The summed E-state index contributed by atoms with van der Waals surface area (Å²) in [7, 11) is -1.86. The molecule has 0 saturated heterocycles. The van der Waals surface area contributed by atoms with E-state index in [2.05, 4.69) is 39.6 Å². The molecule has 3 aromatic carbocycles. The Morgan fingerprint density at radius 1 is 0.780 bits per heavy atom. The molecule has 0 radical (unpaired) electrons. The van der Waals surface area contributed by atoms with Crippen molar-refractivity contribution < 1.29 is 27.5 Å². The van der Waals surface area contributed by atoms with Gasteiger partial charge in [-0.25, -0.2) is 17.9 Å². The average molecular weight is 583 g/mol. The summed E-state index contributed by atoms with van der Waals surface area (Å²) in [5, 5.41) is 5.21. The zero-order chi connectivity index (χ0) is 30.3. The fraction of sp³-hybridized carbons (Fsp3) is 0.300. The molecule has 0 atom stereocenters. The second-order valence-electron chi connectivity index (χ2n) is 8.80. The molecule has 220 valence electrons. The van der Waals surface area contributed by atoms with E-state index in [1.807, 2.05) is 38.1 Å². The van der Waals surface area contributed by atoms with Crippen molar-refractivity contribution in [2.75, 3.05) is 26.7 Å². The standard InChI is InChI=1S/C17H17NO2.C7H9NO2S.C6H12N2O2/c1-2-18-17(19)20-11-16-14-9-5-3-7-12(14)13-8-4-6-10-15(13)16;1-8-11(9,10)7-5-3-2-4-6-7;1-2-8-6(10)4-3-5(7)9/h3-10,16H,2,11H2,1H3,(H,18,19);2-6,8H,1H3;2-4H2,1H3,(H2,7,9)(H,8,10). The number of hydrogen-bond donors (Lipinski definition) is 4. The Morgan fingerprint density at radius 3 is 1.78 bits per heavy atom. The molecule has 3 aromatic rings. The molecule has 0 saturated carbocycles. The van der Waals surface area contributed by atoms with Crippen LogP contribution in [0.15, 0.2) is 83.8 Å². The van der Waals surface area contributed by atoms with Gasteiger partial charge in [0, 0.05) is 31.8 Å². The monoisotopic (exact) mass is 582 g/mol. The zero-order valence-electron chi connectivity index (χ0n) is 23.6. The largest absolute Gasteiger partial charge is 0.449 e. The predicted octanol–water partition coefficient (Wildman–Crippen LogP) is 3.53. The minimum absolute atomic E-state index is 0.124. The molecule has 0 unspecified atom stereocenters. The van der Waals surface area contributed by atoms with Gasteiger partial charge in [-0.2, -0.15) is 0 Å². The Hall–Kier alpha value is -4.22.